The molecule has 3 atom stereocenters. The minimum atomic E-state index is -0.418. The molecule has 1 amide bonds. The minimum absolute atomic E-state index is 0.0611. The van der Waals surface area contributed by atoms with Crippen molar-refractivity contribution in [1.29, 1.82) is 0 Å². The highest BCUT2D eigenvalue weighted by molar-refractivity contribution is 7.15. The predicted octanol–water partition coefficient (Wildman–Crippen LogP) is 4.21. The maximum absolute atomic E-state index is 12.8. The molecular weight excluding hydrogens is 358 g/mol. The number of nitrogens with zero attached hydrogens (tertiary/aromatic N) is 1. The van der Waals surface area contributed by atoms with Crippen LogP contribution in [0.25, 0.3) is 10.6 Å². The second-order valence-electron chi connectivity index (χ2n) is 7.73. The summed E-state index contributed by atoms with van der Waals surface area (Å²) in [4.78, 5) is 18.6. The Balaban J connectivity index is 1.74. The van der Waals surface area contributed by atoms with Crippen molar-refractivity contribution in [1.82, 2.24) is 10.3 Å². The third-order valence-corrected chi connectivity index (χ3v) is 6.88. The van der Waals surface area contributed by atoms with Crippen molar-refractivity contribution in [2.75, 3.05) is 7.11 Å². The fourth-order valence-electron chi connectivity index (χ4n) is 3.84. The Hall–Kier alpha value is -1.92. The van der Waals surface area contributed by atoms with Gasteiger partial charge < -0.3 is 15.8 Å². The molecule has 27 heavy (non-hydrogen) atoms. The van der Waals surface area contributed by atoms with E-state index in [1.807, 2.05) is 45.0 Å². The zero-order valence-electron chi connectivity index (χ0n) is 16.5. The van der Waals surface area contributed by atoms with Crippen LogP contribution < -0.4 is 15.8 Å². The largest absolute Gasteiger partial charge is 0.497 e. The molecule has 1 aliphatic carbocycles. The van der Waals surface area contributed by atoms with Crippen molar-refractivity contribution in [3.05, 3.63) is 34.8 Å². The van der Waals surface area contributed by atoms with E-state index in [-0.39, 0.29) is 17.9 Å². The van der Waals surface area contributed by atoms with Gasteiger partial charge in [-0.2, -0.15) is 0 Å². The number of nitrogens with two attached hydrogens (primary N) is 1. The van der Waals surface area contributed by atoms with Crippen molar-refractivity contribution in [2.24, 2.45) is 11.7 Å². The van der Waals surface area contributed by atoms with Crippen LogP contribution in [0.4, 0.5) is 0 Å². The van der Waals surface area contributed by atoms with Crippen LogP contribution in [0.1, 0.15) is 56.1 Å². The van der Waals surface area contributed by atoms with Gasteiger partial charge in [-0.1, -0.05) is 12.8 Å². The lowest BCUT2D eigenvalue weighted by atomic mass is 9.74. The summed E-state index contributed by atoms with van der Waals surface area (Å²) in [6, 6.07) is 7.79. The summed E-state index contributed by atoms with van der Waals surface area (Å²) in [5, 5.41) is 4.13. The van der Waals surface area contributed by atoms with E-state index in [2.05, 4.69) is 5.32 Å². The topological polar surface area (TPSA) is 77.2 Å². The second-order valence-corrected chi connectivity index (χ2v) is 8.76. The lowest BCUT2D eigenvalue weighted by Gasteiger charge is -2.37. The molecule has 1 heterocycles. The van der Waals surface area contributed by atoms with Gasteiger partial charge in [-0.15, -0.1) is 11.3 Å². The molecule has 0 bridgehead atoms. The molecule has 1 aliphatic rings. The maximum Gasteiger partial charge on any atom is 0.225 e. The van der Waals surface area contributed by atoms with E-state index in [4.69, 9.17) is 15.5 Å². The highest BCUT2D eigenvalue weighted by Crippen LogP contribution is 2.35. The summed E-state index contributed by atoms with van der Waals surface area (Å²) in [5.74, 6) is 0.763. The summed E-state index contributed by atoms with van der Waals surface area (Å²) in [6.07, 6.45) is 3.94. The van der Waals surface area contributed by atoms with E-state index in [1.165, 1.54) is 0 Å². The van der Waals surface area contributed by atoms with Gasteiger partial charge in [-0.3, -0.25) is 4.79 Å². The molecular formula is C21H29N3O2S. The average Bonchev–Trinajstić information content (AvgIpc) is 3.03. The van der Waals surface area contributed by atoms with Gasteiger partial charge in [-0.05, 0) is 57.9 Å². The number of methoxy groups -OCH3 is 1. The number of nitrogens with one attached hydrogen (secondary N) is 1. The summed E-state index contributed by atoms with van der Waals surface area (Å²) in [7, 11) is 1.66. The summed E-state index contributed by atoms with van der Waals surface area (Å²) >= 11 is 1.62. The normalized spacial score (nSPS) is 23.7. The molecule has 3 unspecified atom stereocenters. The Labute approximate surface area is 165 Å². The quantitative estimate of drug-likeness (QED) is 0.805. The zero-order chi connectivity index (χ0) is 19.6. The number of ether oxygens (including phenoxy) is 1. The lowest BCUT2D eigenvalue weighted by molar-refractivity contribution is -0.128. The SMILES string of the molecule is COc1ccc(-c2nc(C)c(C(C)NC(=O)C3CCCCC3(C)N)s2)cc1. The van der Waals surface area contributed by atoms with Crippen molar-refractivity contribution in [3.63, 3.8) is 0 Å². The van der Waals surface area contributed by atoms with Crippen molar-refractivity contribution < 1.29 is 9.53 Å². The first-order chi connectivity index (χ1) is 12.8. The monoisotopic (exact) mass is 387 g/mol. The number of hydrogen-bond acceptors (Lipinski definition) is 5. The number of benzene rings is 1. The highest BCUT2D eigenvalue weighted by Gasteiger charge is 2.38. The molecule has 1 aromatic carbocycles. The Morgan fingerprint density at radius 3 is 2.70 bits per heavy atom. The Morgan fingerprint density at radius 2 is 2.07 bits per heavy atom. The molecule has 3 rings (SSSR count). The van der Waals surface area contributed by atoms with Crippen LogP contribution >= 0.6 is 11.3 Å². The van der Waals surface area contributed by atoms with Gasteiger partial charge in [0.25, 0.3) is 0 Å². The van der Waals surface area contributed by atoms with Crippen LogP contribution in [0.15, 0.2) is 24.3 Å². The van der Waals surface area contributed by atoms with E-state index >= 15 is 0 Å². The fourth-order valence-corrected chi connectivity index (χ4v) is 4.91. The third-order valence-electron chi connectivity index (χ3n) is 5.49. The number of carbonyl (C=O) groups is 1. The van der Waals surface area contributed by atoms with E-state index in [0.717, 1.165) is 52.6 Å². The Bertz CT molecular complexity index is 798. The molecule has 0 radical (unpaired) electrons. The molecule has 1 saturated carbocycles. The first-order valence-corrected chi connectivity index (χ1v) is 10.3. The van der Waals surface area contributed by atoms with Gasteiger partial charge >= 0.3 is 0 Å². The highest BCUT2D eigenvalue weighted by atomic mass is 32.1. The van der Waals surface area contributed by atoms with E-state index in [0.29, 0.717) is 0 Å². The van der Waals surface area contributed by atoms with Crippen LogP contribution in [0.5, 0.6) is 5.75 Å². The molecule has 1 aromatic heterocycles. The number of aromatic nitrogens is 1. The maximum atomic E-state index is 12.8. The van der Waals surface area contributed by atoms with Crippen LogP contribution in [0.3, 0.4) is 0 Å². The first kappa shape index (κ1) is 19.8. The van der Waals surface area contributed by atoms with Gasteiger partial charge in [0, 0.05) is 11.1 Å². The standard InChI is InChI=1S/C21H29N3O2S/c1-13(23-19(25)17-7-5-6-12-21(17,3)22)18-14(2)24-20(27-18)15-8-10-16(26-4)11-9-15/h8-11,13,17H,5-7,12,22H2,1-4H3,(H,23,25). The number of amides is 1. The molecule has 2 aromatic rings. The van der Waals surface area contributed by atoms with Crippen LogP contribution in [0.2, 0.25) is 0 Å². The Kier molecular flexibility index (Phi) is 5.86. The molecule has 146 valence electrons. The fraction of sp³-hybridized carbons (Fsp3) is 0.524. The van der Waals surface area contributed by atoms with Crippen LogP contribution in [-0.2, 0) is 4.79 Å². The summed E-state index contributed by atoms with van der Waals surface area (Å²) < 4.78 is 5.22. The molecule has 0 spiro atoms. The van der Waals surface area contributed by atoms with E-state index in [9.17, 15) is 4.79 Å². The molecule has 0 aliphatic heterocycles. The number of hydrogen-bond donors (Lipinski definition) is 2. The van der Waals surface area contributed by atoms with Gasteiger partial charge in [-0.25, -0.2) is 4.98 Å². The second kappa shape index (κ2) is 7.98. The predicted molar refractivity (Wildman–Crippen MR) is 110 cm³/mol. The molecule has 3 N–H and O–H groups in total. The van der Waals surface area contributed by atoms with Crippen molar-refractivity contribution >= 4 is 17.2 Å². The van der Waals surface area contributed by atoms with E-state index in [1.54, 1.807) is 18.4 Å². The van der Waals surface area contributed by atoms with Gasteiger partial charge in [0.05, 0.1) is 29.6 Å². The average molecular weight is 388 g/mol. The number of aryl methyl sites for hydroxylation is 1. The molecule has 1 fully saturated rings. The van der Waals surface area contributed by atoms with Gasteiger partial charge in [0.2, 0.25) is 5.91 Å². The molecule has 5 nitrogen and oxygen atoms in total. The minimum Gasteiger partial charge on any atom is -0.497 e. The van der Waals surface area contributed by atoms with Gasteiger partial charge in [0.15, 0.2) is 0 Å². The smallest absolute Gasteiger partial charge is 0.225 e. The van der Waals surface area contributed by atoms with Crippen molar-refractivity contribution in [3.8, 4) is 16.3 Å². The van der Waals surface area contributed by atoms with Crippen LogP contribution in [-0.4, -0.2) is 23.5 Å². The number of carbonyl (C=O) groups excluding carboxylic acids is 1. The Morgan fingerprint density at radius 1 is 1.37 bits per heavy atom. The van der Waals surface area contributed by atoms with Gasteiger partial charge in [0.1, 0.15) is 10.8 Å². The number of rotatable bonds is 5. The van der Waals surface area contributed by atoms with E-state index < -0.39 is 5.54 Å². The first-order valence-electron chi connectivity index (χ1n) is 9.53. The van der Waals surface area contributed by atoms with Crippen LogP contribution in [0, 0.1) is 12.8 Å². The van der Waals surface area contributed by atoms with Crippen molar-refractivity contribution in [2.45, 2.75) is 58.0 Å². The number of thiazole rings is 1. The third kappa shape index (κ3) is 4.33. The summed E-state index contributed by atoms with van der Waals surface area (Å²) in [5.41, 5.74) is 7.98. The molecule has 6 heteroatoms. The molecule has 0 saturated heterocycles. The summed E-state index contributed by atoms with van der Waals surface area (Å²) in [6.45, 7) is 6.02. The lowest BCUT2D eigenvalue weighted by Crippen LogP contribution is -2.53. The zero-order valence-corrected chi connectivity index (χ0v) is 17.4.